The van der Waals surface area contributed by atoms with Crippen LogP contribution in [0, 0.1) is 17.7 Å². The number of pyridine rings is 1. The smallest absolute Gasteiger partial charge is 0.410 e. The Bertz CT molecular complexity index is 2130. The third-order valence-corrected chi connectivity index (χ3v) is 9.64. The van der Waals surface area contributed by atoms with Gasteiger partial charge in [0.2, 0.25) is 11.3 Å². The van der Waals surface area contributed by atoms with Crippen LogP contribution >= 0.6 is 0 Å². The van der Waals surface area contributed by atoms with Gasteiger partial charge in [0.1, 0.15) is 24.6 Å². The van der Waals surface area contributed by atoms with Crippen molar-refractivity contribution in [1.29, 1.82) is 0 Å². The molecule has 56 heavy (non-hydrogen) atoms. The number of carbonyl (C=O) groups is 5. The number of ether oxygens (including phenoxy) is 2. The number of anilines is 2. The Morgan fingerprint density at radius 1 is 0.875 bits per heavy atom. The Morgan fingerprint density at radius 3 is 2.14 bits per heavy atom. The summed E-state index contributed by atoms with van der Waals surface area (Å²) in [6.07, 6.45) is -0.0910. The van der Waals surface area contributed by atoms with Crippen LogP contribution in [-0.2, 0) is 38.8 Å². The van der Waals surface area contributed by atoms with Crippen molar-refractivity contribution >= 4 is 52.1 Å². The fourth-order valence-corrected chi connectivity index (χ4v) is 6.40. The molecule has 0 radical (unpaired) electrons. The number of nitrogens with one attached hydrogen (secondary N) is 2. The predicted molar refractivity (Wildman–Crippen MR) is 207 cm³/mol. The molecule has 2 heterocycles. The van der Waals surface area contributed by atoms with Crippen molar-refractivity contribution in [3.63, 3.8) is 0 Å². The number of piperazine rings is 1. The van der Waals surface area contributed by atoms with E-state index in [1.807, 2.05) is 30.3 Å². The molecule has 1 aromatic heterocycles. The summed E-state index contributed by atoms with van der Waals surface area (Å²) in [5.74, 6) is -3.62. The topological polar surface area (TPSA) is 177 Å². The van der Waals surface area contributed by atoms with Crippen LogP contribution in [0.4, 0.5) is 25.4 Å². The van der Waals surface area contributed by atoms with E-state index < -0.39 is 46.9 Å². The number of carboxylic acids is 1. The third-order valence-electron chi connectivity index (χ3n) is 9.64. The predicted octanol–water partition coefficient (Wildman–Crippen LogP) is 5.80. The van der Waals surface area contributed by atoms with Gasteiger partial charge in [-0.1, -0.05) is 63.2 Å². The number of rotatable bonds is 14. The highest BCUT2D eigenvalue weighted by Crippen LogP contribution is 2.27. The van der Waals surface area contributed by atoms with Gasteiger partial charge in [-0.2, -0.15) is 0 Å². The van der Waals surface area contributed by atoms with Gasteiger partial charge in [0, 0.05) is 62.3 Å². The van der Waals surface area contributed by atoms with E-state index in [4.69, 9.17) is 9.47 Å². The van der Waals surface area contributed by atoms with E-state index in [9.17, 15) is 33.9 Å². The number of ketones is 1. The number of benzene rings is 3. The van der Waals surface area contributed by atoms with Crippen LogP contribution in [-0.4, -0.2) is 76.6 Å². The van der Waals surface area contributed by atoms with Crippen LogP contribution in [0.2, 0.25) is 0 Å². The highest BCUT2D eigenvalue weighted by Gasteiger charge is 2.29. The first-order valence-electron chi connectivity index (χ1n) is 18.4. The Hall–Kier alpha value is -6.25. The maximum atomic E-state index is 15.3. The van der Waals surface area contributed by atoms with E-state index in [1.165, 1.54) is 17.2 Å². The molecule has 1 fully saturated rings. The van der Waals surface area contributed by atoms with Gasteiger partial charge >= 0.3 is 18.2 Å². The summed E-state index contributed by atoms with van der Waals surface area (Å²) in [6.45, 7) is 8.55. The van der Waals surface area contributed by atoms with Crippen LogP contribution in [0.25, 0.3) is 10.9 Å². The molecular weight excluding hydrogens is 725 g/mol. The molecular formula is C41H46FN5O9. The number of amides is 3. The molecule has 3 amide bonds. The lowest BCUT2D eigenvalue weighted by Crippen LogP contribution is -2.49. The summed E-state index contributed by atoms with van der Waals surface area (Å²) in [5, 5.41) is 14.8. The van der Waals surface area contributed by atoms with Crippen molar-refractivity contribution in [2.75, 3.05) is 36.4 Å². The normalized spacial score (nSPS) is 13.9. The van der Waals surface area contributed by atoms with Crippen LogP contribution in [0.5, 0.6) is 0 Å². The van der Waals surface area contributed by atoms with E-state index in [-0.39, 0.29) is 61.4 Å². The average Bonchev–Trinajstić information content (AvgIpc) is 3.19. The van der Waals surface area contributed by atoms with E-state index in [1.54, 1.807) is 61.4 Å². The molecule has 1 aliphatic rings. The minimum atomic E-state index is -1.38. The van der Waals surface area contributed by atoms with Crippen LogP contribution in [0.15, 0.2) is 77.7 Å². The highest BCUT2D eigenvalue weighted by molar-refractivity contribution is 5.97. The standard InChI is InChI=1S/C41H46FN5O9/c1-5-45-22-31(39(51)52)37(49)30-20-32(42)34(21-33(30)45)46-15-17-47(18-16-46)41(54)56-24-28-11-13-29(14-12-28)43-38(50)26(4)19-35(48)36(25(2)3)44-40(53)55-23-27-9-7-6-8-10-27/h6-14,20-22,25-26,36H,5,15-19,23-24H2,1-4H3,(H,43,50)(H,44,53)(H,51,52)/t26-,36+/m1/s1. The zero-order valence-corrected chi connectivity index (χ0v) is 31.7. The second-order valence-corrected chi connectivity index (χ2v) is 14.0. The molecule has 14 nitrogen and oxygen atoms in total. The lowest BCUT2D eigenvalue weighted by Gasteiger charge is -2.35. The van der Waals surface area contributed by atoms with E-state index in [0.29, 0.717) is 36.4 Å². The Labute approximate surface area is 323 Å². The van der Waals surface area contributed by atoms with Gasteiger partial charge in [0.05, 0.1) is 17.2 Å². The highest BCUT2D eigenvalue weighted by atomic mass is 19.1. The molecule has 0 unspecified atom stereocenters. The molecule has 3 N–H and O–H groups in total. The van der Waals surface area contributed by atoms with Crippen LogP contribution in [0.1, 0.15) is 55.6 Å². The fourth-order valence-electron chi connectivity index (χ4n) is 6.40. The molecule has 0 saturated carbocycles. The lowest BCUT2D eigenvalue weighted by molar-refractivity contribution is -0.127. The minimum absolute atomic E-state index is 0.0168. The number of aryl methyl sites for hydroxylation is 1. The molecule has 15 heteroatoms. The van der Waals surface area contributed by atoms with Gasteiger partial charge < -0.3 is 39.6 Å². The number of nitrogens with zero attached hydrogens (tertiary/aromatic N) is 3. The van der Waals surface area contributed by atoms with E-state index in [2.05, 4.69) is 10.6 Å². The Morgan fingerprint density at radius 2 is 1.52 bits per heavy atom. The van der Waals surface area contributed by atoms with Gasteiger partial charge in [-0.3, -0.25) is 14.4 Å². The third kappa shape index (κ3) is 10.1. The zero-order chi connectivity index (χ0) is 40.5. The van der Waals surface area contributed by atoms with Gasteiger partial charge in [0.25, 0.3) is 0 Å². The number of carbonyl (C=O) groups excluding carboxylic acids is 4. The lowest BCUT2D eigenvalue weighted by atomic mass is 9.93. The van der Waals surface area contributed by atoms with Crippen molar-refractivity contribution in [3.8, 4) is 0 Å². The average molecular weight is 772 g/mol. The number of fused-ring (bicyclic) bond motifs is 1. The number of aromatic carboxylic acids is 1. The fraction of sp³-hybridized carbons (Fsp3) is 0.366. The zero-order valence-electron chi connectivity index (χ0n) is 31.7. The molecule has 4 aromatic rings. The monoisotopic (exact) mass is 771 g/mol. The Kier molecular flexibility index (Phi) is 13.4. The number of hydrogen-bond donors (Lipinski definition) is 3. The first-order chi connectivity index (χ1) is 26.7. The van der Waals surface area contributed by atoms with E-state index >= 15 is 4.39 Å². The van der Waals surface area contributed by atoms with Gasteiger partial charge in [-0.05, 0) is 48.2 Å². The molecule has 2 atom stereocenters. The molecule has 296 valence electrons. The van der Waals surface area contributed by atoms with Crippen molar-refractivity contribution in [3.05, 3.63) is 106 Å². The number of aromatic nitrogens is 1. The molecule has 0 bridgehead atoms. The van der Waals surface area contributed by atoms with Crippen LogP contribution < -0.4 is 21.0 Å². The number of hydrogen-bond acceptors (Lipinski definition) is 9. The van der Waals surface area contributed by atoms with Gasteiger partial charge in [-0.15, -0.1) is 0 Å². The molecule has 1 aliphatic heterocycles. The first kappa shape index (κ1) is 40.9. The van der Waals surface area contributed by atoms with Crippen molar-refractivity contribution in [2.45, 2.75) is 59.9 Å². The molecule has 5 rings (SSSR count). The van der Waals surface area contributed by atoms with Crippen molar-refractivity contribution in [2.24, 2.45) is 11.8 Å². The minimum Gasteiger partial charge on any atom is -0.477 e. The summed E-state index contributed by atoms with van der Waals surface area (Å²) < 4.78 is 27.6. The summed E-state index contributed by atoms with van der Waals surface area (Å²) in [4.78, 5) is 78.9. The SMILES string of the molecule is CCn1cc(C(=O)O)c(=O)c2cc(F)c(N3CCN(C(=O)OCc4ccc(NC(=O)[C@H](C)CC(=O)[C@@H](NC(=O)OCc5ccccc5)C(C)C)cc4)CC3)cc21. The molecule has 0 spiro atoms. The second kappa shape index (κ2) is 18.4. The van der Waals surface area contributed by atoms with E-state index in [0.717, 1.165) is 11.6 Å². The summed E-state index contributed by atoms with van der Waals surface area (Å²) in [6, 6.07) is 17.7. The number of alkyl carbamates (subject to hydrolysis) is 1. The largest absolute Gasteiger partial charge is 0.477 e. The number of Topliss-reactive ketones (excluding diaryl/α,β-unsaturated/α-hetero) is 1. The van der Waals surface area contributed by atoms with Gasteiger partial charge in [0.15, 0.2) is 5.78 Å². The second-order valence-electron chi connectivity index (χ2n) is 14.0. The van der Waals surface area contributed by atoms with Crippen LogP contribution in [0.3, 0.4) is 0 Å². The van der Waals surface area contributed by atoms with Gasteiger partial charge in [-0.25, -0.2) is 18.8 Å². The maximum Gasteiger partial charge on any atom is 0.410 e. The van der Waals surface area contributed by atoms with Crippen molar-refractivity contribution < 1.29 is 42.9 Å². The number of carboxylic acid groups (broad SMARTS) is 1. The Balaban J connectivity index is 1.07. The summed E-state index contributed by atoms with van der Waals surface area (Å²) in [5.41, 5.74) is 1.46. The summed E-state index contributed by atoms with van der Waals surface area (Å²) >= 11 is 0. The molecule has 1 saturated heterocycles. The maximum absolute atomic E-state index is 15.3. The number of halogens is 1. The van der Waals surface area contributed by atoms with Crippen molar-refractivity contribution in [1.82, 2.24) is 14.8 Å². The summed E-state index contributed by atoms with van der Waals surface area (Å²) in [7, 11) is 0. The molecule has 3 aromatic carbocycles. The first-order valence-corrected chi connectivity index (χ1v) is 18.4. The quantitative estimate of drug-likeness (QED) is 0.142. The molecule has 0 aliphatic carbocycles.